The lowest BCUT2D eigenvalue weighted by molar-refractivity contribution is -0.678. The van der Waals surface area contributed by atoms with E-state index >= 15 is 0 Å². The van der Waals surface area contributed by atoms with Crippen LogP contribution >= 0.6 is 0 Å². The number of hydrogen-bond acceptors (Lipinski definition) is 5. The molecule has 0 unspecified atom stereocenters. The first-order chi connectivity index (χ1) is 11.1. The molecule has 2 atom stereocenters. The Kier molecular flexibility index (Phi) is 3.66. The maximum absolute atomic E-state index is 10.2. The molecule has 2 aliphatic heterocycles. The first-order valence-corrected chi connectivity index (χ1v) is 8.59. The van der Waals surface area contributed by atoms with Crippen molar-refractivity contribution in [2.75, 3.05) is 13.2 Å². The first-order valence-electron chi connectivity index (χ1n) is 8.59. The standard InChI is InChI=1S/C17H24N4O2/c1-3-5-7-14(8-6-4-2)15(11-18)13(20)21-17(16(14,15)12-19)22-9-10-23-17/h3-10H2,1-2H3,(H2,20,21)/p+1/t15-,16+/m0/s1. The quantitative estimate of drug-likeness (QED) is 0.743. The van der Waals surface area contributed by atoms with Gasteiger partial charge >= 0.3 is 5.91 Å². The Morgan fingerprint density at radius 3 is 2.09 bits per heavy atom. The van der Waals surface area contributed by atoms with Gasteiger partial charge in [0.2, 0.25) is 0 Å². The number of amidine groups is 1. The zero-order valence-corrected chi connectivity index (χ0v) is 13.9. The molecule has 0 amide bonds. The van der Waals surface area contributed by atoms with Gasteiger partial charge in [-0.3, -0.25) is 5.73 Å². The summed E-state index contributed by atoms with van der Waals surface area (Å²) >= 11 is 0. The second kappa shape index (κ2) is 5.19. The van der Waals surface area contributed by atoms with Gasteiger partial charge in [-0.25, -0.2) is 4.99 Å². The highest BCUT2D eigenvalue weighted by molar-refractivity contribution is 5.95. The molecule has 0 aromatic heterocycles. The van der Waals surface area contributed by atoms with Crippen LogP contribution in [0.5, 0.6) is 0 Å². The number of fused-ring (bicyclic) bond motifs is 2. The van der Waals surface area contributed by atoms with Gasteiger partial charge in [0.15, 0.2) is 10.8 Å². The van der Waals surface area contributed by atoms with Crippen molar-refractivity contribution >= 4 is 5.84 Å². The highest BCUT2D eigenvalue weighted by Gasteiger charge is 3.03. The molecule has 0 aromatic rings. The molecule has 3 rings (SSSR count). The average Bonchev–Trinajstić information content (AvgIpc) is 2.81. The molecular formula is C17H25N4O2+. The predicted octanol–water partition coefficient (Wildman–Crippen LogP) is 0.539. The zero-order chi connectivity index (χ0) is 16.8. The van der Waals surface area contributed by atoms with E-state index in [2.05, 4.69) is 31.0 Å². The maximum atomic E-state index is 10.2. The molecule has 6 heteroatoms. The van der Waals surface area contributed by atoms with Crippen LogP contribution < -0.4 is 10.7 Å². The SMILES string of the molecule is CCCCC1(CCCC)[C@@]2(C#N)C3([NH+]=C(N)[C@@]12C#N)OCCO3. The molecule has 3 N–H and O–H groups in total. The van der Waals surface area contributed by atoms with E-state index in [1.54, 1.807) is 0 Å². The Labute approximate surface area is 137 Å². The molecule has 2 heterocycles. The summed E-state index contributed by atoms with van der Waals surface area (Å²) < 4.78 is 11.7. The first kappa shape index (κ1) is 16.2. The van der Waals surface area contributed by atoms with Crippen LogP contribution in [0.1, 0.15) is 52.4 Å². The Hall–Kier alpha value is -1.63. The number of nitrogens with one attached hydrogen (secondary N) is 1. The third-order valence-corrected chi connectivity index (χ3v) is 6.08. The summed E-state index contributed by atoms with van der Waals surface area (Å²) in [4.78, 5) is 3.02. The van der Waals surface area contributed by atoms with Gasteiger partial charge in [0.1, 0.15) is 0 Å². The summed E-state index contributed by atoms with van der Waals surface area (Å²) in [6.07, 6.45) is 5.53. The Morgan fingerprint density at radius 2 is 1.65 bits per heavy atom. The molecule has 3 aliphatic rings. The lowest BCUT2D eigenvalue weighted by Gasteiger charge is -2.29. The normalized spacial score (nSPS) is 35.4. The maximum Gasteiger partial charge on any atom is 0.343 e. The van der Waals surface area contributed by atoms with Gasteiger partial charge in [0.25, 0.3) is 5.84 Å². The molecule has 0 aromatic carbocycles. The molecule has 2 fully saturated rings. The topological polar surface area (TPSA) is 106 Å². The molecule has 1 saturated heterocycles. The second-order valence-corrected chi connectivity index (χ2v) is 6.87. The third kappa shape index (κ3) is 1.47. The molecule has 23 heavy (non-hydrogen) atoms. The van der Waals surface area contributed by atoms with Gasteiger partial charge in [-0.05, 0) is 12.8 Å². The van der Waals surface area contributed by atoms with E-state index in [4.69, 9.17) is 15.2 Å². The van der Waals surface area contributed by atoms with Crippen molar-refractivity contribution in [1.82, 2.24) is 0 Å². The number of ether oxygens (including phenoxy) is 2. The van der Waals surface area contributed by atoms with Crippen molar-refractivity contribution in [1.29, 1.82) is 10.5 Å². The van der Waals surface area contributed by atoms with Crippen LogP contribution in [0.2, 0.25) is 0 Å². The molecule has 0 bridgehead atoms. The fourth-order valence-electron chi connectivity index (χ4n) is 5.13. The summed E-state index contributed by atoms with van der Waals surface area (Å²) in [6, 6.07) is 4.85. The van der Waals surface area contributed by atoms with Crippen molar-refractivity contribution in [3.63, 3.8) is 0 Å². The van der Waals surface area contributed by atoms with Crippen LogP contribution in [0.4, 0.5) is 0 Å². The highest BCUT2D eigenvalue weighted by atomic mass is 16.8. The van der Waals surface area contributed by atoms with Crippen molar-refractivity contribution in [2.45, 2.75) is 58.3 Å². The smallest absolute Gasteiger partial charge is 0.311 e. The summed E-state index contributed by atoms with van der Waals surface area (Å²) in [6.45, 7) is 5.05. The number of nitriles is 2. The Bertz CT molecular complexity index is 603. The molecule has 1 saturated carbocycles. The second-order valence-electron chi connectivity index (χ2n) is 6.87. The van der Waals surface area contributed by atoms with E-state index in [0.717, 1.165) is 38.5 Å². The number of rotatable bonds is 6. The average molecular weight is 317 g/mol. The molecule has 1 aliphatic carbocycles. The lowest BCUT2D eigenvalue weighted by atomic mass is 9.80. The molecule has 6 nitrogen and oxygen atoms in total. The number of hydrogen-bond donors (Lipinski definition) is 2. The van der Waals surface area contributed by atoms with Gasteiger partial charge in [0.05, 0.1) is 25.4 Å². The van der Waals surface area contributed by atoms with Crippen LogP contribution in [0.25, 0.3) is 0 Å². The van der Waals surface area contributed by atoms with Crippen LogP contribution in [-0.4, -0.2) is 25.0 Å². The largest absolute Gasteiger partial charge is 0.343 e. The summed E-state index contributed by atoms with van der Waals surface area (Å²) in [5, 5.41) is 20.2. The van der Waals surface area contributed by atoms with Gasteiger partial charge in [0, 0.05) is 5.41 Å². The highest BCUT2D eigenvalue weighted by Crippen LogP contribution is 2.85. The summed E-state index contributed by atoms with van der Waals surface area (Å²) in [7, 11) is 0. The minimum atomic E-state index is -1.26. The molecule has 0 radical (unpaired) electrons. The van der Waals surface area contributed by atoms with Crippen LogP contribution in [-0.2, 0) is 9.47 Å². The Morgan fingerprint density at radius 1 is 1.09 bits per heavy atom. The van der Waals surface area contributed by atoms with E-state index in [1.807, 2.05) is 0 Å². The summed E-state index contributed by atoms with van der Waals surface area (Å²) in [5.74, 6) is -0.918. The van der Waals surface area contributed by atoms with Crippen molar-refractivity contribution < 1.29 is 14.5 Å². The molecule has 124 valence electrons. The van der Waals surface area contributed by atoms with Crippen molar-refractivity contribution in [3.8, 4) is 12.1 Å². The van der Waals surface area contributed by atoms with Crippen LogP contribution in [0.15, 0.2) is 0 Å². The zero-order valence-electron chi connectivity index (χ0n) is 13.9. The van der Waals surface area contributed by atoms with Gasteiger partial charge in [-0.1, -0.05) is 39.5 Å². The number of nitrogens with two attached hydrogens (primary N) is 1. The van der Waals surface area contributed by atoms with Crippen molar-refractivity contribution in [3.05, 3.63) is 0 Å². The van der Waals surface area contributed by atoms with E-state index in [9.17, 15) is 10.5 Å². The predicted molar refractivity (Wildman–Crippen MR) is 82.4 cm³/mol. The van der Waals surface area contributed by atoms with Crippen molar-refractivity contribution in [2.24, 2.45) is 22.0 Å². The fraction of sp³-hybridized carbons (Fsp3) is 0.824. The Balaban J connectivity index is 2.15. The van der Waals surface area contributed by atoms with Crippen LogP contribution in [0.3, 0.4) is 0 Å². The van der Waals surface area contributed by atoms with Gasteiger partial charge in [-0.15, -0.1) is 0 Å². The monoisotopic (exact) mass is 317 g/mol. The van der Waals surface area contributed by atoms with E-state index in [-0.39, 0.29) is 0 Å². The molecule has 1 spiro atoms. The van der Waals surface area contributed by atoms with E-state index in [1.165, 1.54) is 0 Å². The minimum absolute atomic E-state index is 0.343. The number of unbranched alkanes of at least 4 members (excludes halogenated alkanes) is 2. The van der Waals surface area contributed by atoms with E-state index < -0.39 is 22.2 Å². The van der Waals surface area contributed by atoms with E-state index in [0.29, 0.717) is 19.0 Å². The minimum Gasteiger partial charge on any atom is -0.311 e. The van der Waals surface area contributed by atoms with Gasteiger partial charge in [-0.2, -0.15) is 10.5 Å². The molecular weight excluding hydrogens is 292 g/mol. The lowest BCUT2D eigenvalue weighted by Crippen LogP contribution is -2.90. The fourth-order valence-corrected chi connectivity index (χ4v) is 5.13. The van der Waals surface area contributed by atoms with Crippen LogP contribution in [0, 0.1) is 38.9 Å². The number of nitrogens with zero attached hydrogens (tertiary/aromatic N) is 2. The summed E-state index contributed by atoms with van der Waals surface area (Å²) in [5.41, 5.74) is 3.69. The third-order valence-electron chi connectivity index (χ3n) is 6.08. The van der Waals surface area contributed by atoms with Gasteiger partial charge < -0.3 is 9.47 Å².